The van der Waals surface area contributed by atoms with E-state index in [1.54, 1.807) is 14.2 Å². The van der Waals surface area contributed by atoms with Crippen LogP contribution in [0.4, 0.5) is 0 Å². The van der Waals surface area contributed by atoms with Crippen molar-refractivity contribution < 1.29 is 14.6 Å². The minimum Gasteiger partial charge on any atom is -0.497 e. The summed E-state index contributed by atoms with van der Waals surface area (Å²) in [6.45, 7) is 8.83. The Bertz CT molecular complexity index is 673. The Morgan fingerprint density at radius 3 is 2.39 bits per heavy atom. The largest absolute Gasteiger partial charge is 0.497 e. The van der Waals surface area contributed by atoms with Crippen molar-refractivity contribution in [2.75, 3.05) is 60.0 Å². The number of ether oxygens (including phenoxy) is 2. The van der Waals surface area contributed by atoms with E-state index in [9.17, 15) is 5.11 Å². The summed E-state index contributed by atoms with van der Waals surface area (Å²) in [5.74, 6) is 3.14. The summed E-state index contributed by atoms with van der Waals surface area (Å²) in [5.41, 5.74) is 1.26. The summed E-state index contributed by atoms with van der Waals surface area (Å²) in [7, 11) is 3.39. The number of nitrogens with zero attached hydrogens (tertiary/aromatic N) is 3. The van der Waals surface area contributed by atoms with E-state index < -0.39 is 0 Å². The quantitative estimate of drug-likeness (QED) is 0.226. The number of benzene rings is 1. The lowest BCUT2D eigenvalue weighted by Crippen LogP contribution is -2.40. The van der Waals surface area contributed by atoms with Crippen LogP contribution >= 0.6 is 24.0 Å². The third-order valence-corrected chi connectivity index (χ3v) is 6.12. The molecule has 0 radical (unpaired) electrons. The molecular weight excluding hydrogens is 507 g/mol. The van der Waals surface area contributed by atoms with E-state index in [2.05, 4.69) is 34.2 Å². The Morgan fingerprint density at radius 2 is 1.77 bits per heavy atom. The molecule has 2 aliphatic rings. The summed E-state index contributed by atoms with van der Waals surface area (Å²) < 4.78 is 10.9. The Balaban J connectivity index is 0.00000341. The number of aliphatic hydroxyl groups is 1. The predicted molar refractivity (Wildman–Crippen MR) is 136 cm³/mol. The van der Waals surface area contributed by atoms with Gasteiger partial charge in [-0.15, -0.1) is 24.0 Å². The van der Waals surface area contributed by atoms with Gasteiger partial charge in [-0.1, -0.05) is 0 Å². The Labute approximate surface area is 204 Å². The third kappa shape index (κ3) is 7.68. The van der Waals surface area contributed by atoms with Crippen LogP contribution in [0.15, 0.2) is 23.2 Å². The highest BCUT2D eigenvalue weighted by atomic mass is 127. The molecule has 0 aliphatic carbocycles. The predicted octanol–water partition coefficient (Wildman–Crippen LogP) is 2.92. The highest BCUT2D eigenvalue weighted by molar-refractivity contribution is 14.0. The molecule has 1 aromatic rings. The van der Waals surface area contributed by atoms with E-state index in [0.29, 0.717) is 5.92 Å². The summed E-state index contributed by atoms with van der Waals surface area (Å²) in [6, 6.07) is 6.16. The fourth-order valence-electron chi connectivity index (χ4n) is 4.34. The maximum atomic E-state index is 9.64. The molecule has 0 bridgehead atoms. The molecule has 0 saturated carbocycles. The van der Waals surface area contributed by atoms with Gasteiger partial charge in [-0.3, -0.25) is 4.99 Å². The van der Waals surface area contributed by atoms with E-state index in [4.69, 9.17) is 14.5 Å². The maximum absolute atomic E-state index is 9.64. The zero-order chi connectivity index (χ0) is 21.3. The molecule has 1 aromatic carbocycles. The number of hydrogen-bond donors (Lipinski definition) is 2. The van der Waals surface area contributed by atoms with Crippen LogP contribution in [0.5, 0.6) is 11.5 Å². The number of methoxy groups -OCH3 is 2. The van der Waals surface area contributed by atoms with Gasteiger partial charge >= 0.3 is 0 Å². The molecule has 7 nitrogen and oxygen atoms in total. The van der Waals surface area contributed by atoms with Gasteiger partial charge in [0.2, 0.25) is 0 Å². The normalized spacial score (nSPS) is 20.5. The van der Waals surface area contributed by atoms with E-state index in [1.165, 1.54) is 5.56 Å². The molecule has 1 atom stereocenters. The number of guanidine groups is 1. The van der Waals surface area contributed by atoms with E-state index in [-0.39, 0.29) is 30.1 Å². The molecule has 2 fully saturated rings. The van der Waals surface area contributed by atoms with Crippen LogP contribution in [0.3, 0.4) is 0 Å². The fourth-order valence-corrected chi connectivity index (χ4v) is 4.34. The van der Waals surface area contributed by atoms with Gasteiger partial charge < -0.3 is 29.7 Å². The first-order valence-electron chi connectivity index (χ1n) is 11.3. The number of hydrogen-bond acceptors (Lipinski definition) is 5. The molecule has 31 heavy (non-hydrogen) atoms. The number of nitrogens with one attached hydrogen (secondary N) is 1. The molecule has 1 unspecified atom stereocenters. The molecular formula is C23H39IN4O3. The number of aliphatic imine (C=N–C) groups is 1. The molecule has 8 heteroatoms. The first kappa shape index (κ1) is 26.0. The smallest absolute Gasteiger partial charge is 0.193 e. The van der Waals surface area contributed by atoms with Crippen LogP contribution in [0.25, 0.3) is 0 Å². The van der Waals surface area contributed by atoms with Crippen molar-refractivity contribution in [3.63, 3.8) is 0 Å². The number of piperidine rings is 1. The van der Waals surface area contributed by atoms with Crippen molar-refractivity contribution in [3.05, 3.63) is 23.8 Å². The number of rotatable bonds is 8. The van der Waals surface area contributed by atoms with Crippen LogP contribution < -0.4 is 14.8 Å². The SMILES string of the molecule is CCNC(=NCCCN1CCC(O)CC1)N1CCC(c2cc(OC)cc(OC)c2)C1.I. The summed E-state index contributed by atoms with van der Waals surface area (Å²) >= 11 is 0. The van der Waals surface area contributed by atoms with Crippen LogP contribution in [-0.4, -0.2) is 87.0 Å². The van der Waals surface area contributed by atoms with Gasteiger partial charge in [-0.2, -0.15) is 0 Å². The Morgan fingerprint density at radius 1 is 1.10 bits per heavy atom. The fraction of sp³-hybridized carbons (Fsp3) is 0.696. The lowest BCUT2D eigenvalue weighted by molar-refractivity contribution is 0.0824. The van der Waals surface area contributed by atoms with Crippen molar-refractivity contribution in [1.29, 1.82) is 0 Å². The molecule has 0 amide bonds. The van der Waals surface area contributed by atoms with Crippen LogP contribution in [-0.2, 0) is 0 Å². The van der Waals surface area contributed by atoms with Gasteiger partial charge in [0.15, 0.2) is 5.96 Å². The van der Waals surface area contributed by atoms with E-state index in [1.807, 2.05) is 6.07 Å². The van der Waals surface area contributed by atoms with E-state index in [0.717, 1.165) is 89.0 Å². The molecule has 2 saturated heterocycles. The second kappa shape index (κ2) is 13.3. The van der Waals surface area contributed by atoms with Gasteiger partial charge in [0.25, 0.3) is 0 Å². The second-order valence-corrected chi connectivity index (χ2v) is 8.24. The van der Waals surface area contributed by atoms with Crippen LogP contribution in [0.1, 0.15) is 44.1 Å². The molecule has 0 spiro atoms. The van der Waals surface area contributed by atoms with Crippen molar-refractivity contribution in [1.82, 2.24) is 15.1 Å². The van der Waals surface area contributed by atoms with Crippen molar-refractivity contribution in [2.45, 2.75) is 44.6 Å². The van der Waals surface area contributed by atoms with Gasteiger partial charge in [0, 0.05) is 51.3 Å². The van der Waals surface area contributed by atoms with Crippen molar-refractivity contribution in [3.8, 4) is 11.5 Å². The average Bonchev–Trinajstić information content (AvgIpc) is 3.27. The van der Waals surface area contributed by atoms with Gasteiger partial charge in [0.1, 0.15) is 11.5 Å². The van der Waals surface area contributed by atoms with Gasteiger partial charge in [0.05, 0.1) is 20.3 Å². The Kier molecular flexibility index (Phi) is 11.2. The summed E-state index contributed by atoms with van der Waals surface area (Å²) in [6.07, 6.45) is 3.84. The minimum absolute atomic E-state index is 0. The number of halogens is 1. The lowest BCUT2D eigenvalue weighted by Gasteiger charge is -2.29. The minimum atomic E-state index is -0.104. The first-order valence-corrected chi connectivity index (χ1v) is 11.3. The van der Waals surface area contributed by atoms with Crippen LogP contribution in [0, 0.1) is 0 Å². The van der Waals surface area contributed by atoms with Gasteiger partial charge in [-0.25, -0.2) is 0 Å². The molecule has 2 heterocycles. The highest BCUT2D eigenvalue weighted by Crippen LogP contribution is 2.32. The zero-order valence-electron chi connectivity index (χ0n) is 19.2. The monoisotopic (exact) mass is 546 g/mol. The molecule has 0 aromatic heterocycles. The van der Waals surface area contributed by atoms with E-state index >= 15 is 0 Å². The molecule has 3 rings (SSSR count). The molecule has 2 N–H and O–H groups in total. The van der Waals surface area contributed by atoms with Crippen molar-refractivity contribution in [2.24, 2.45) is 4.99 Å². The Hall–Kier alpha value is -1.26. The topological polar surface area (TPSA) is 69.6 Å². The lowest BCUT2D eigenvalue weighted by atomic mass is 9.98. The van der Waals surface area contributed by atoms with Crippen molar-refractivity contribution >= 4 is 29.9 Å². The maximum Gasteiger partial charge on any atom is 0.193 e. The standard InChI is InChI=1S/C23H38N4O3.HI/c1-4-24-23(25-9-5-10-26-11-7-20(28)8-12-26)27-13-6-18(17-27)19-14-21(29-2)16-22(15-19)30-3;/h14-16,18,20,28H,4-13,17H2,1-3H3,(H,24,25);1H. The number of likely N-dealkylation sites (tertiary alicyclic amines) is 2. The summed E-state index contributed by atoms with van der Waals surface area (Å²) in [4.78, 5) is 9.71. The molecule has 176 valence electrons. The third-order valence-electron chi connectivity index (χ3n) is 6.12. The second-order valence-electron chi connectivity index (χ2n) is 8.24. The van der Waals surface area contributed by atoms with Crippen LogP contribution in [0.2, 0.25) is 0 Å². The zero-order valence-corrected chi connectivity index (χ0v) is 21.5. The molecule has 2 aliphatic heterocycles. The highest BCUT2D eigenvalue weighted by Gasteiger charge is 2.27. The average molecular weight is 546 g/mol. The summed E-state index contributed by atoms with van der Waals surface area (Å²) in [5, 5.41) is 13.1. The number of aliphatic hydroxyl groups excluding tert-OH is 1. The van der Waals surface area contributed by atoms with Gasteiger partial charge in [-0.05, 0) is 56.8 Å². The first-order chi connectivity index (χ1) is 14.6.